The number of thiocarbonyl (C=S) groups is 2. The van der Waals surface area contributed by atoms with E-state index in [1.807, 2.05) is 37.2 Å². The summed E-state index contributed by atoms with van der Waals surface area (Å²) >= 11 is 16.7. The van der Waals surface area contributed by atoms with Gasteiger partial charge in [0.25, 0.3) is 0 Å². The second-order valence-corrected chi connectivity index (χ2v) is 8.65. The molecule has 0 radical (unpaired) electrons. The number of unbranched alkanes of at least 4 members (excludes halogenated alkanes) is 3. The number of carbonyl (C=O) groups excluding carboxylic acids is 1. The van der Waals surface area contributed by atoms with Gasteiger partial charge in [0.05, 0.1) is 19.8 Å². The summed E-state index contributed by atoms with van der Waals surface area (Å²) in [5.74, 6) is 0.593. The lowest BCUT2D eigenvalue weighted by Crippen LogP contribution is -2.40. The Hall–Kier alpha value is -1.32. The van der Waals surface area contributed by atoms with Crippen molar-refractivity contribution in [1.29, 1.82) is 0 Å². The van der Waals surface area contributed by atoms with Gasteiger partial charge in [0, 0.05) is 49.9 Å². The summed E-state index contributed by atoms with van der Waals surface area (Å²) < 4.78 is 11.0. The van der Waals surface area contributed by atoms with Gasteiger partial charge in [-0.2, -0.15) is 0 Å². The number of anilines is 1. The van der Waals surface area contributed by atoms with Crippen molar-refractivity contribution >= 4 is 57.6 Å². The summed E-state index contributed by atoms with van der Waals surface area (Å²) in [6, 6.07) is 5.98. The molecule has 172 valence electrons. The number of amides is 1. The summed E-state index contributed by atoms with van der Waals surface area (Å²) in [4.78, 5) is 17.2. The molecule has 1 N–H and O–H groups in total. The molecule has 0 aliphatic carbocycles. The van der Waals surface area contributed by atoms with E-state index < -0.39 is 0 Å². The second kappa shape index (κ2) is 14.0. The van der Waals surface area contributed by atoms with Crippen LogP contribution in [-0.2, 0) is 14.3 Å². The molecule has 0 aromatic heterocycles. The van der Waals surface area contributed by atoms with Gasteiger partial charge in [-0.3, -0.25) is 4.79 Å². The van der Waals surface area contributed by atoms with E-state index in [1.165, 1.54) is 0 Å². The number of fused-ring (bicyclic) bond motifs is 1. The highest BCUT2D eigenvalue weighted by atomic mass is 35.5. The van der Waals surface area contributed by atoms with Crippen molar-refractivity contribution in [2.45, 2.75) is 25.7 Å². The van der Waals surface area contributed by atoms with E-state index in [4.69, 9.17) is 45.5 Å². The summed E-state index contributed by atoms with van der Waals surface area (Å²) in [5, 5.41) is 2.85. The second-order valence-electron chi connectivity index (χ2n) is 7.50. The highest BCUT2D eigenvalue weighted by Gasteiger charge is 2.30. The van der Waals surface area contributed by atoms with Crippen LogP contribution in [0, 0.1) is 0 Å². The van der Waals surface area contributed by atoms with E-state index in [1.54, 1.807) is 4.90 Å². The molecule has 0 unspecified atom stereocenters. The fourth-order valence-corrected chi connectivity index (χ4v) is 4.04. The van der Waals surface area contributed by atoms with E-state index in [9.17, 15) is 4.79 Å². The van der Waals surface area contributed by atoms with Crippen molar-refractivity contribution in [3.05, 3.63) is 29.3 Å². The molecule has 0 saturated heterocycles. The van der Waals surface area contributed by atoms with E-state index in [-0.39, 0.29) is 12.5 Å². The van der Waals surface area contributed by atoms with Crippen LogP contribution in [0.5, 0.6) is 0 Å². The number of rotatable bonds is 15. The topological polar surface area (TPSA) is 54.0 Å². The van der Waals surface area contributed by atoms with Crippen molar-refractivity contribution < 1.29 is 14.3 Å². The van der Waals surface area contributed by atoms with Crippen molar-refractivity contribution in [2.75, 3.05) is 64.4 Å². The summed E-state index contributed by atoms with van der Waals surface area (Å²) in [6.07, 6.45) is 4.41. The SMILES string of the molecule is CN(C)c1ccc2c(c1)C(=S)N(CC(=O)NCCOCCOCCCCCCCl)C2=S. The standard InChI is InChI=1S/C22H32ClN3O3S2/c1-25(2)17-7-8-18-19(15-17)22(31)26(21(18)30)16-20(27)24-10-12-29-14-13-28-11-6-4-3-5-9-23/h7-8,15H,3-6,9-14,16H2,1-2H3,(H,24,27). The molecule has 0 bridgehead atoms. The van der Waals surface area contributed by atoms with Gasteiger partial charge in [0.1, 0.15) is 16.5 Å². The van der Waals surface area contributed by atoms with Crippen LogP contribution in [0.15, 0.2) is 18.2 Å². The number of hydrogen-bond acceptors (Lipinski definition) is 6. The maximum atomic E-state index is 12.3. The molecule has 1 aliphatic rings. The zero-order chi connectivity index (χ0) is 22.6. The molecule has 0 saturated carbocycles. The minimum absolute atomic E-state index is 0.108. The first-order chi connectivity index (χ1) is 15.0. The lowest BCUT2D eigenvalue weighted by molar-refractivity contribution is -0.121. The molecule has 6 nitrogen and oxygen atoms in total. The van der Waals surface area contributed by atoms with Gasteiger partial charge in [0.15, 0.2) is 0 Å². The van der Waals surface area contributed by atoms with E-state index in [2.05, 4.69) is 5.32 Å². The monoisotopic (exact) mass is 485 g/mol. The number of benzene rings is 1. The largest absolute Gasteiger partial charge is 0.379 e. The molecule has 1 heterocycles. The van der Waals surface area contributed by atoms with Gasteiger partial charge in [-0.1, -0.05) is 37.3 Å². The fourth-order valence-electron chi connectivity index (χ4n) is 3.14. The highest BCUT2D eigenvalue weighted by molar-refractivity contribution is 7.82. The molecule has 31 heavy (non-hydrogen) atoms. The predicted octanol–water partition coefficient (Wildman–Crippen LogP) is 3.37. The summed E-state index contributed by atoms with van der Waals surface area (Å²) in [5.41, 5.74) is 2.85. The van der Waals surface area contributed by atoms with Gasteiger partial charge in [0.2, 0.25) is 5.91 Å². The van der Waals surface area contributed by atoms with Gasteiger partial charge >= 0.3 is 0 Å². The Bertz CT molecular complexity index is 762. The first-order valence-corrected chi connectivity index (χ1v) is 12.0. The maximum Gasteiger partial charge on any atom is 0.240 e. The van der Waals surface area contributed by atoms with Gasteiger partial charge in [-0.05, 0) is 31.0 Å². The van der Waals surface area contributed by atoms with Crippen LogP contribution in [0.4, 0.5) is 5.69 Å². The highest BCUT2D eigenvalue weighted by Crippen LogP contribution is 2.28. The molecule has 0 atom stereocenters. The predicted molar refractivity (Wildman–Crippen MR) is 135 cm³/mol. The number of hydrogen-bond donors (Lipinski definition) is 1. The smallest absolute Gasteiger partial charge is 0.240 e. The number of alkyl halides is 1. The average Bonchev–Trinajstić information content (AvgIpc) is 2.98. The molecular weight excluding hydrogens is 454 g/mol. The lowest BCUT2D eigenvalue weighted by Gasteiger charge is -2.17. The number of nitrogens with zero attached hydrogens (tertiary/aromatic N) is 2. The minimum Gasteiger partial charge on any atom is -0.379 e. The first kappa shape index (κ1) is 25.9. The van der Waals surface area contributed by atoms with Gasteiger partial charge < -0.3 is 24.6 Å². The Labute approximate surface area is 201 Å². The molecule has 1 aromatic carbocycles. The molecule has 0 spiro atoms. The molecule has 1 aliphatic heterocycles. The number of ether oxygens (including phenoxy) is 2. The Balaban J connectivity index is 1.60. The van der Waals surface area contributed by atoms with Gasteiger partial charge in [-0.25, -0.2) is 0 Å². The third kappa shape index (κ3) is 8.27. The van der Waals surface area contributed by atoms with Crippen LogP contribution >= 0.6 is 36.0 Å². The molecule has 0 fully saturated rings. The average molecular weight is 486 g/mol. The maximum absolute atomic E-state index is 12.3. The van der Waals surface area contributed by atoms with Crippen molar-refractivity contribution in [3.8, 4) is 0 Å². The molecule has 9 heteroatoms. The summed E-state index contributed by atoms with van der Waals surface area (Å²) in [7, 11) is 3.95. The quantitative estimate of drug-likeness (QED) is 0.232. The molecule has 2 rings (SSSR count). The van der Waals surface area contributed by atoms with Gasteiger partial charge in [-0.15, -0.1) is 11.6 Å². The van der Waals surface area contributed by atoms with E-state index in [0.717, 1.165) is 55.0 Å². The van der Waals surface area contributed by atoms with Crippen molar-refractivity contribution in [2.24, 2.45) is 0 Å². The summed E-state index contributed by atoms with van der Waals surface area (Å²) in [6.45, 7) is 2.80. The minimum atomic E-state index is -0.137. The third-order valence-electron chi connectivity index (χ3n) is 4.89. The zero-order valence-electron chi connectivity index (χ0n) is 18.3. The number of carbonyl (C=O) groups is 1. The molecule has 1 aromatic rings. The van der Waals surface area contributed by atoms with Crippen LogP contribution in [0.1, 0.15) is 36.8 Å². The Morgan fingerprint density at radius 2 is 1.68 bits per heavy atom. The number of nitrogens with one attached hydrogen (secondary N) is 1. The zero-order valence-corrected chi connectivity index (χ0v) is 20.7. The van der Waals surface area contributed by atoms with Crippen LogP contribution < -0.4 is 10.2 Å². The fraction of sp³-hybridized carbons (Fsp3) is 0.591. The van der Waals surface area contributed by atoms with Crippen molar-refractivity contribution in [1.82, 2.24) is 10.2 Å². The Kier molecular flexibility index (Phi) is 11.7. The molecule has 1 amide bonds. The van der Waals surface area contributed by atoms with Crippen LogP contribution in [0.25, 0.3) is 0 Å². The first-order valence-electron chi connectivity index (χ1n) is 10.6. The third-order valence-corrected chi connectivity index (χ3v) is 6.03. The Morgan fingerprint density at radius 3 is 2.39 bits per heavy atom. The van der Waals surface area contributed by atoms with Crippen LogP contribution in [0.2, 0.25) is 0 Å². The van der Waals surface area contributed by atoms with Crippen LogP contribution in [-0.4, -0.2) is 80.3 Å². The van der Waals surface area contributed by atoms with E-state index >= 15 is 0 Å². The molecular formula is C22H32ClN3O3S2. The Morgan fingerprint density at radius 1 is 1.00 bits per heavy atom. The lowest BCUT2D eigenvalue weighted by atomic mass is 10.1. The normalized spacial score (nSPS) is 12.9. The van der Waals surface area contributed by atoms with Crippen molar-refractivity contribution in [3.63, 3.8) is 0 Å². The van der Waals surface area contributed by atoms with Crippen LogP contribution in [0.3, 0.4) is 0 Å². The number of halogens is 1. The van der Waals surface area contributed by atoms with E-state index in [0.29, 0.717) is 36.3 Å².